The van der Waals surface area contributed by atoms with E-state index in [1.54, 1.807) is 67.6 Å². The molecule has 3 rings (SSSR count). The first-order chi connectivity index (χ1) is 18.9. The lowest BCUT2D eigenvalue weighted by atomic mass is 10.1. The Bertz CT molecular complexity index is 1440. The Balaban J connectivity index is 2.06. The Labute approximate surface area is 254 Å². The van der Waals surface area contributed by atoms with E-state index >= 15 is 0 Å². The fraction of sp³-hybridized carbons (Fsp3) is 0.310. The van der Waals surface area contributed by atoms with Crippen LogP contribution in [-0.2, 0) is 26.2 Å². The predicted molar refractivity (Wildman–Crippen MR) is 164 cm³/mol. The molecule has 1 N–H and O–H groups in total. The summed E-state index contributed by atoms with van der Waals surface area (Å²) in [5, 5.41) is 3.67. The van der Waals surface area contributed by atoms with Gasteiger partial charge in [-0.1, -0.05) is 90.2 Å². The molecule has 7 nitrogen and oxygen atoms in total. The summed E-state index contributed by atoms with van der Waals surface area (Å²) in [4.78, 5) is 28.8. The van der Waals surface area contributed by atoms with Crippen molar-refractivity contribution >= 4 is 66.7 Å². The summed E-state index contributed by atoms with van der Waals surface area (Å²) >= 11 is 15.9. The highest BCUT2D eigenvalue weighted by Gasteiger charge is 2.34. The molecule has 2 amide bonds. The summed E-state index contributed by atoms with van der Waals surface area (Å²) in [7, 11) is -4.14. The molecule has 0 aliphatic rings. The Morgan fingerprint density at radius 1 is 0.975 bits per heavy atom. The van der Waals surface area contributed by atoms with E-state index in [0.717, 1.165) is 4.31 Å². The van der Waals surface area contributed by atoms with Gasteiger partial charge in [0.15, 0.2) is 0 Å². The van der Waals surface area contributed by atoms with Crippen molar-refractivity contribution in [1.29, 1.82) is 0 Å². The Morgan fingerprint density at radius 3 is 2.27 bits per heavy atom. The third-order valence-corrected chi connectivity index (χ3v) is 9.00. The van der Waals surface area contributed by atoms with Gasteiger partial charge in [0, 0.05) is 27.6 Å². The second-order valence-electron chi connectivity index (χ2n) is 9.63. The molecule has 0 aromatic heterocycles. The maximum atomic E-state index is 14.1. The minimum atomic E-state index is -4.14. The van der Waals surface area contributed by atoms with Crippen molar-refractivity contribution in [2.45, 2.75) is 44.7 Å². The van der Waals surface area contributed by atoms with Gasteiger partial charge >= 0.3 is 0 Å². The number of sulfonamides is 1. The molecule has 1 unspecified atom stereocenters. The number of hydrogen-bond acceptors (Lipinski definition) is 4. The normalized spacial score (nSPS) is 12.2. The van der Waals surface area contributed by atoms with Gasteiger partial charge < -0.3 is 10.2 Å². The second kappa shape index (κ2) is 14.3. The second-order valence-corrected chi connectivity index (χ2v) is 13.2. The van der Waals surface area contributed by atoms with Crippen LogP contribution in [-0.4, -0.2) is 44.3 Å². The molecule has 0 aliphatic carbocycles. The van der Waals surface area contributed by atoms with Crippen LogP contribution < -0.4 is 9.62 Å². The van der Waals surface area contributed by atoms with Crippen LogP contribution in [0.2, 0.25) is 10.0 Å². The number of amides is 2. The first kappa shape index (κ1) is 31.9. The fourth-order valence-corrected chi connectivity index (χ4v) is 6.34. The minimum absolute atomic E-state index is 0.0137. The van der Waals surface area contributed by atoms with Crippen molar-refractivity contribution in [2.75, 3.05) is 17.4 Å². The molecule has 0 saturated carbocycles. The summed E-state index contributed by atoms with van der Waals surface area (Å²) in [5.41, 5.74) is 0.878. The number of carbonyl (C=O) groups excluding carboxylic acids is 2. The van der Waals surface area contributed by atoms with E-state index in [4.69, 9.17) is 23.2 Å². The molecule has 0 heterocycles. The molecule has 0 spiro atoms. The zero-order valence-corrected chi connectivity index (χ0v) is 26.4. The minimum Gasteiger partial charge on any atom is -0.354 e. The Kier molecular flexibility index (Phi) is 11.5. The number of halogens is 3. The molecule has 3 aromatic carbocycles. The van der Waals surface area contributed by atoms with Gasteiger partial charge in [-0.25, -0.2) is 8.42 Å². The average Bonchev–Trinajstić information content (AvgIpc) is 2.91. The Morgan fingerprint density at radius 2 is 1.68 bits per heavy atom. The monoisotopic (exact) mass is 667 g/mol. The molecular weight excluding hydrogens is 637 g/mol. The van der Waals surface area contributed by atoms with E-state index in [2.05, 4.69) is 21.2 Å². The van der Waals surface area contributed by atoms with Crippen LogP contribution >= 0.6 is 39.1 Å². The highest BCUT2D eigenvalue weighted by atomic mass is 79.9. The van der Waals surface area contributed by atoms with E-state index < -0.39 is 28.5 Å². The van der Waals surface area contributed by atoms with E-state index in [1.165, 1.54) is 17.0 Å². The van der Waals surface area contributed by atoms with E-state index in [1.807, 2.05) is 13.8 Å². The molecule has 214 valence electrons. The van der Waals surface area contributed by atoms with Gasteiger partial charge in [-0.3, -0.25) is 13.9 Å². The van der Waals surface area contributed by atoms with Crippen LogP contribution in [0.15, 0.2) is 82.2 Å². The van der Waals surface area contributed by atoms with Gasteiger partial charge in [0.1, 0.15) is 12.6 Å². The van der Waals surface area contributed by atoms with Gasteiger partial charge in [-0.05, 0) is 60.4 Å². The number of hydrogen-bond donors (Lipinski definition) is 1. The maximum absolute atomic E-state index is 14.1. The van der Waals surface area contributed by atoms with E-state index in [0.29, 0.717) is 38.7 Å². The first-order valence-corrected chi connectivity index (χ1v) is 15.8. The number of nitrogens with zero attached hydrogens (tertiary/aromatic N) is 2. The van der Waals surface area contributed by atoms with Gasteiger partial charge in [0.2, 0.25) is 11.8 Å². The molecule has 0 fully saturated rings. The standard InChI is InChI=1S/C29H32BrCl2N3O4S/c1-4-27(29(37)33-17-20(2)3)34(18-21-13-14-23(31)16-26(21)32)28(36)19-35(24-10-8-9-22(30)15-24)40(38,39)25-11-6-5-7-12-25/h5-16,20,27H,4,17-19H2,1-3H3,(H,33,37). The molecule has 0 saturated heterocycles. The van der Waals surface area contributed by atoms with Crippen LogP contribution in [0.25, 0.3) is 0 Å². The summed E-state index contributed by atoms with van der Waals surface area (Å²) in [6.45, 7) is 5.64. The van der Waals surface area contributed by atoms with Gasteiger partial charge in [-0.2, -0.15) is 0 Å². The maximum Gasteiger partial charge on any atom is 0.264 e. The van der Waals surface area contributed by atoms with Crippen LogP contribution in [0.4, 0.5) is 5.69 Å². The van der Waals surface area contributed by atoms with Crippen molar-refractivity contribution in [1.82, 2.24) is 10.2 Å². The molecule has 0 bridgehead atoms. The highest BCUT2D eigenvalue weighted by molar-refractivity contribution is 9.10. The number of benzene rings is 3. The summed E-state index contributed by atoms with van der Waals surface area (Å²) in [5.74, 6) is -0.675. The van der Waals surface area contributed by atoms with Gasteiger partial charge in [-0.15, -0.1) is 0 Å². The molecular formula is C29H32BrCl2N3O4S. The smallest absolute Gasteiger partial charge is 0.264 e. The quantitative estimate of drug-likeness (QED) is 0.238. The molecule has 40 heavy (non-hydrogen) atoms. The highest BCUT2D eigenvalue weighted by Crippen LogP contribution is 2.28. The molecule has 0 radical (unpaired) electrons. The number of carbonyl (C=O) groups is 2. The third kappa shape index (κ3) is 8.22. The Hall–Kier alpha value is -2.59. The molecule has 1 atom stereocenters. The van der Waals surface area contributed by atoms with Crippen LogP contribution in [0.5, 0.6) is 0 Å². The van der Waals surface area contributed by atoms with Crippen molar-refractivity contribution in [3.05, 3.63) is 92.9 Å². The number of nitrogens with one attached hydrogen (secondary N) is 1. The van der Waals surface area contributed by atoms with Crippen molar-refractivity contribution < 1.29 is 18.0 Å². The van der Waals surface area contributed by atoms with Gasteiger partial charge in [0.05, 0.1) is 10.6 Å². The largest absolute Gasteiger partial charge is 0.354 e. The van der Waals surface area contributed by atoms with E-state index in [-0.39, 0.29) is 23.3 Å². The lowest BCUT2D eigenvalue weighted by Crippen LogP contribution is -2.52. The lowest BCUT2D eigenvalue weighted by Gasteiger charge is -2.33. The summed E-state index contributed by atoms with van der Waals surface area (Å²) in [6, 6.07) is 18.7. The van der Waals surface area contributed by atoms with Crippen molar-refractivity contribution in [3.8, 4) is 0 Å². The van der Waals surface area contributed by atoms with Crippen LogP contribution in [0, 0.1) is 5.92 Å². The van der Waals surface area contributed by atoms with Crippen LogP contribution in [0.3, 0.4) is 0 Å². The predicted octanol–water partition coefficient (Wildman–Crippen LogP) is 6.53. The molecule has 11 heteroatoms. The topological polar surface area (TPSA) is 86.8 Å². The number of anilines is 1. The fourth-order valence-electron chi connectivity index (χ4n) is 4.06. The van der Waals surface area contributed by atoms with Crippen molar-refractivity contribution in [3.63, 3.8) is 0 Å². The third-order valence-electron chi connectivity index (χ3n) is 6.13. The SMILES string of the molecule is CCC(C(=O)NCC(C)C)N(Cc1ccc(Cl)cc1Cl)C(=O)CN(c1cccc(Br)c1)S(=O)(=O)c1ccccc1. The molecule has 0 aliphatic heterocycles. The van der Waals surface area contributed by atoms with Crippen LogP contribution in [0.1, 0.15) is 32.8 Å². The zero-order valence-electron chi connectivity index (χ0n) is 22.5. The van der Waals surface area contributed by atoms with Gasteiger partial charge in [0.25, 0.3) is 10.0 Å². The summed E-state index contributed by atoms with van der Waals surface area (Å²) < 4.78 is 29.4. The number of rotatable bonds is 12. The molecule has 3 aromatic rings. The zero-order chi connectivity index (χ0) is 29.4. The van der Waals surface area contributed by atoms with E-state index in [9.17, 15) is 18.0 Å². The lowest BCUT2D eigenvalue weighted by molar-refractivity contribution is -0.140. The summed E-state index contributed by atoms with van der Waals surface area (Å²) in [6.07, 6.45) is 0.309. The van der Waals surface area contributed by atoms with Crippen molar-refractivity contribution in [2.24, 2.45) is 5.92 Å². The average molecular weight is 669 g/mol. The first-order valence-electron chi connectivity index (χ1n) is 12.8.